The third-order valence-electron chi connectivity index (χ3n) is 2.47. The van der Waals surface area contributed by atoms with Gasteiger partial charge in [0, 0.05) is 5.54 Å². The van der Waals surface area contributed by atoms with E-state index in [0.717, 1.165) is 24.2 Å². The topological polar surface area (TPSA) is 26.0 Å². The van der Waals surface area contributed by atoms with E-state index in [1.807, 2.05) is 0 Å². The Hall–Kier alpha value is -0.0400. The van der Waals surface area contributed by atoms with Gasteiger partial charge in [-0.1, -0.05) is 27.7 Å². The van der Waals surface area contributed by atoms with Gasteiger partial charge < -0.3 is 5.73 Å². The lowest BCUT2D eigenvalue weighted by Crippen LogP contribution is -2.37. The van der Waals surface area contributed by atoms with Gasteiger partial charge in [0.1, 0.15) is 0 Å². The van der Waals surface area contributed by atoms with Crippen molar-refractivity contribution in [1.29, 1.82) is 0 Å². The van der Waals surface area contributed by atoms with Crippen LogP contribution in [0.3, 0.4) is 0 Å². The van der Waals surface area contributed by atoms with Gasteiger partial charge in [-0.3, -0.25) is 0 Å². The second-order valence-corrected chi connectivity index (χ2v) is 5.34. The summed E-state index contributed by atoms with van der Waals surface area (Å²) in [5.74, 6) is 2.24. The summed E-state index contributed by atoms with van der Waals surface area (Å²) >= 11 is 0. The first-order valence-corrected chi connectivity index (χ1v) is 5.03. The van der Waals surface area contributed by atoms with Crippen LogP contribution in [0.5, 0.6) is 0 Å². The summed E-state index contributed by atoms with van der Waals surface area (Å²) in [6.45, 7) is 13.4. The van der Waals surface area contributed by atoms with Crippen LogP contribution in [0, 0.1) is 17.8 Å². The normalized spacial score (nSPS) is 13.5. The molecule has 0 atom stereocenters. The van der Waals surface area contributed by atoms with Gasteiger partial charge in [-0.25, -0.2) is 0 Å². The van der Waals surface area contributed by atoms with Gasteiger partial charge in [0.25, 0.3) is 0 Å². The highest BCUT2D eigenvalue weighted by atomic mass is 14.7. The second kappa shape index (κ2) is 4.27. The van der Waals surface area contributed by atoms with E-state index in [-0.39, 0.29) is 5.54 Å². The summed E-state index contributed by atoms with van der Waals surface area (Å²) in [7, 11) is 0. The van der Waals surface area contributed by atoms with Crippen LogP contribution >= 0.6 is 0 Å². The molecule has 0 fully saturated rings. The minimum Gasteiger partial charge on any atom is -0.326 e. The maximum atomic E-state index is 6.01. The van der Waals surface area contributed by atoms with E-state index in [9.17, 15) is 0 Å². The van der Waals surface area contributed by atoms with Gasteiger partial charge in [0.05, 0.1) is 0 Å². The smallest absolute Gasteiger partial charge is 0.00998 e. The van der Waals surface area contributed by atoms with Crippen LogP contribution in [-0.2, 0) is 0 Å². The summed E-state index contributed by atoms with van der Waals surface area (Å²) in [5, 5.41) is 0. The molecule has 0 rings (SSSR count). The van der Waals surface area contributed by atoms with Crippen molar-refractivity contribution in [2.24, 2.45) is 23.5 Å². The van der Waals surface area contributed by atoms with E-state index in [1.165, 1.54) is 0 Å². The lowest BCUT2D eigenvalue weighted by molar-refractivity contribution is 0.223. The van der Waals surface area contributed by atoms with E-state index in [1.54, 1.807) is 0 Å². The Labute approximate surface area is 77.7 Å². The average molecular weight is 171 g/mol. The molecule has 12 heavy (non-hydrogen) atoms. The van der Waals surface area contributed by atoms with Crippen LogP contribution in [0.4, 0.5) is 0 Å². The fourth-order valence-corrected chi connectivity index (χ4v) is 1.85. The largest absolute Gasteiger partial charge is 0.326 e. The van der Waals surface area contributed by atoms with Gasteiger partial charge in [-0.2, -0.15) is 0 Å². The molecule has 0 heterocycles. The minimum atomic E-state index is -0.0147. The third-order valence-corrected chi connectivity index (χ3v) is 2.47. The Balaban J connectivity index is 4.15. The van der Waals surface area contributed by atoms with Crippen molar-refractivity contribution in [2.75, 3.05) is 0 Å². The van der Waals surface area contributed by atoms with E-state index < -0.39 is 0 Å². The Morgan fingerprint density at radius 1 is 1.00 bits per heavy atom. The van der Waals surface area contributed by atoms with E-state index in [2.05, 4.69) is 41.5 Å². The molecule has 0 radical (unpaired) electrons. The molecule has 0 aliphatic rings. The molecule has 0 aliphatic heterocycles. The Morgan fingerprint density at radius 3 is 1.42 bits per heavy atom. The summed E-state index contributed by atoms with van der Waals surface area (Å²) < 4.78 is 0. The lowest BCUT2D eigenvalue weighted by Gasteiger charge is -2.31. The minimum absolute atomic E-state index is 0.0147. The van der Waals surface area contributed by atoms with Crippen molar-refractivity contribution >= 4 is 0 Å². The molecule has 0 unspecified atom stereocenters. The zero-order chi connectivity index (χ0) is 9.94. The van der Waals surface area contributed by atoms with Crippen LogP contribution < -0.4 is 5.73 Å². The Bertz CT molecular complexity index is 111. The highest BCUT2D eigenvalue weighted by Crippen LogP contribution is 2.28. The predicted molar refractivity (Wildman–Crippen MR) is 56.0 cm³/mol. The monoisotopic (exact) mass is 171 g/mol. The number of rotatable bonds is 4. The fourth-order valence-electron chi connectivity index (χ4n) is 1.85. The Kier molecular flexibility index (Phi) is 4.25. The van der Waals surface area contributed by atoms with Gasteiger partial charge >= 0.3 is 0 Å². The number of hydrogen-bond acceptors (Lipinski definition) is 1. The van der Waals surface area contributed by atoms with Crippen LogP contribution in [0.1, 0.15) is 48.0 Å². The van der Waals surface area contributed by atoms with Crippen molar-refractivity contribution in [3.05, 3.63) is 0 Å². The standard InChI is InChI=1S/C11H25N/c1-8(2)10(9(3)4)7-11(5,6)12/h8-10H,7,12H2,1-6H3. The van der Waals surface area contributed by atoms with Gasteiger partial charge in [-0.15, -0.1) is 0 Å². The molecule has 0 aromatic rings. The molecule has 1 heteroatoms. The van der Waals surface area contributed by atoms with Crippen LogP contribution in [0.15, 0.2) is 0 Å². The Morgan fingerprint density at radius 2 is 1.33 bits per heavy atom. The average Bonchev–Trinajstić information content (AvgIpc) is 1.79. The number of nitrogens with two attached hydrogens (primary N) is 1. The molecule has 1 nitrogen and oxygen atoms in total. The quantitative estimate of drug-likeness (QED) is 0.691. The van der Waals surface area contributed by atoms with Crippen molar-refractivity contribution in [3.63, 3.8) is 0 Å². The summed E-state index contributed by atoms with van der Waals surface area (Å²) in [4.78, 5) is 0. The van der Waals surface area contributed by atoms with Crippen molar-refractivity contribution in [1.82, 2.24) is 0 Å². The first-order valence-electron chi connectivity index (χ1n) is 5.03. The second-order valence-electron chi connectivity index (χ2n) is 5.34. The molecule has 0 saturated heterocycles. The highest BCUT2D eigenvalue weighted by molar-refractivity contribution is 4.79. The molecule has 0 bridgehead atoms. The molecule has 0 aromatic heterocycles. The maximum absolute atomic E-state index is 6.01. The summed E-state index contributed by atoms with van der Waals surface area (Å²) in [5.41, 5.74) is 6.00. The van der Waals surface area contributed by atoms with E-state index in [0.29, 0.717) is 0 Å². The highest BCUT2D eigenvalue weighted by Gasteiger charge is 2.23. The SMILES string of the molecule is CC(C)C(CC(C)(C)N)C(C)C. The van der Waals surface area contributed by atoms with Gasteiger partial charge in [0.2, 0.25) is 0 Å². The van der Waals surface area contributed by atoms with Crippen LogP contribution in [0.2, 0.25) is 0 Å². The summed E-state index contributed by atoms with van der Waals surface area (Å²) in [6.07, 6.45) is 1.13. The van der Waals surface area contributed by atoms with Crippen molar-refractivity contribution < 1.29 is 0 Å². The molecule has 0 saturated carbocycles. The molecule has 0 aromatic carbocycles. The zero-order valence-corrected chi connectivity index (χ0v) is 9.52. The van der Waals surface area contributed by atoms with Crippen LogP contribution in [0.25, 0.3) is 0 Å². The maximum Gasteiger partial charge on any atom is 0.00998 e. The van der Waals surface area contributed by atoms with Gasteiger partial charge in [-0.05, 0) is 38.0 Å². The predicted octanol–water partition coefficient (Wildman–Crippen LogP) is 3.04. The van der Waals surface area contributed by atoms with Crippen molar-refractivity contribution in [3.8, 4) is 0 Å². The summed E-state index contributed by atoms with van der Waals surface area (Å²) in [6, 6.07) is 0. The number of hydrogen-bond donors (Lipinski definition) is 1. The molecule has 0 aliphatic carbocycles. The van der Waals surface area contributed by atoms with Crippen molar-refractivity contribution in [2.45, 2.75) is 53.5 Å². The van der Waals surface area contributed by atoms with E-state index in [4.69, 9.17) is 5.73 Å². The molecule has 74 valence electrons. The molecule has 2 N–H and O–H groups in total. The van der Waals surface area contributed by atoms with E-state index >= 15 is 0 Å². The third kappa shape index (κ3) is 4.76. The first-order chi connectivity index (χ1) is 5.24. The van der Waals surface area contributed by atoms with Crippen LogP contribution in [-0.4, -0.2) is 5.54 Å². The molecular weight excluding hydrogens is 146 g/mol. The molecule has 0 amide bonds. The zero-order valence-electron chi connectivity index (χ0n) is 9.52. The molecule has 0 spiro atoms. The fraction of sp³-hybridized carbons (Fsp3) is 1.00. The lowest BCUT2D eigenvalue weighted by atomic mass is 9.77. The first kappa shape index (κ1) is 12.0. The molecular formula is C11H25N. The van der Waals surface area contributed by atoms with Gasteiger partial charge in [0.15, 0.2) is 0 Å².